The number of aromatic hydroxyl groups is 2. The number of guanidine groups is 1. The molecule has 0 radical (unpaired) electrons. The molecule has 26 heavy (non-hydrogen) atoms. The second-order valence-corrected chi connectivity index (χ2v) is 4.81. The predicted molar refractivity (Wildman–Crippen MR) is 96.2 cm³/mol. The Morgan fingerprint density at radius 2 is 1.77 bits per heavy atom. The van der Waals surface area contributed by atoms with Crippen molar-refractivity contribution >= 4 is 18.4 Å². The van der Waals surface area contributed by atoms with Crippen molar-refractivity contribution < 1.29 is 19.7 Å². The van der Waals surface area contributed by atoms with Crippen LogP contribution in [0.15, 0.2) is 34.5 Å². The number of methoxy groups -OCH3 is 2. The molecule has 9 nitrogen and oxygen atoms in total. The van der Waals surface area contributed by atoms with Gasteiger partial charge in [0.25, 0.3) is 0 Å². The molecule has 0 bridgehead atoms. The fourth-order valence-corrected chi connectivity index (χ4v) is 1.82. The van der Waals surface area contributed by atoms with Gasteiger partial charge in [0.15, 0.2) is 17.2 Å². The van der Waals surface area contributed by atoms with E-state index in [-0.39, 0.29) is 23.2 Å². The molecule has 134 valence electrons. The summed E-state index contributed by atoms with van der Waals surface area (Å²) in [5, 5.41) is 34.6. The summed E-state index contributed by atoms with van der Waals surface area (Å²) in [4.78, 5) is 0. The van der Waals surface area contributed by atoms with Crippen LogP contribution in [0, 0.1) is 17.5 Å². The first kappa shape index (κ1) is 18.4. The van der Waals surface area contributed by atoms with E-state index in [9.17, 15) is 10.2 Å². The Bertz CT molecular complexity index is 768. The standard InChI is InChI=1S/C17H17N5O4/c1-25-15-5-3-11(7-13(15)23)9-19-21-17(18)22-20-10-12-4-6-16(26-2)14(24)8-12/h3,5,7-10,23-24H,1-2H3,(H3,18,21,22)/b19-9+,20-10+. The molecule has 0 amide bonds. The molecule has 5 N–H and O–H groups in total. The predicted octanol–water partition coefficient (Wildman–Crippen LogP) is 1.20. The maximum atomic E-state index is 9.66. The quantitative estimate of drug-likeness (QED) is 0.300. The molecular formula is C17H17N5O4. The van der Waals surface area contributed by atoms with Gasteiger partial charge in [-0.15, -0.1) is 0 Å². The monoisotopic (exact) mass is 355 g/mol. The molecule has 0 aliphatic carbocycles. The van der Waals surface area contributed by atoms with Crippen molar-refractivity contribution in [2.45, 2.75) is 0 Å². The highest BCUT2D eigenvalue weighted by atomic mass is 16.5. The number of ether oxygens (including phenoxy) is 2. The van der Waals surface area contributed by atoms with E-state index in [1.54, 1.807) is 12.1 Å². The SMILES string of the molecule is COc1c#cc(/C=N/NC(=N)N/N=C/c2ccc(OC)c(O)c2)cc1O. The van der Waals surface area contributed by atoms with Crippen LogP contribution in [-0.2, 0) is 0 Å². The molecule has 2 rings (SSSR count). The van der Waals surface area contributed by atoms with Crippen LogP contribution in [0.25, 0.3) is 0 Å². The van der Waals surface area contributed by atoms with Crippen molar-refractivity contribution in [3.63, 3.8) is 0 Å². The van der Waals surface area contributed by atoms with Crippen molar-refractivity contribution in [3.05, 3.63) is 47.5 Å². The first-order valence-electron chi connectivity index (χ1n) is 7.28. The van der Waals surface area contributed by atoms with Crippen molar-refractivity contribution in [2.75, 3.05) is 14.2 Å². The number of nitrogens with zero attached hydrogens (tertiary/aromatic N) is 2. The summed E-state index contributed by atoms with van der Waals surface area (Å²) in [6, 6.07) is 11.5. The second-order valence-electron chi connectivity index (χ2n) is 4.81. The van der Waals surface area contributed by atoms with Gasteiger partial charge in [0.05, 0.1) is 26.6 Å². The van der Waals surface area contributed by atoms with Gasteiger partial charge >= 0.3 is 0 Å². The fraction of sp³-hybridized carbons (Fsp3) is 0.118. The lowest BCUT2D eigenvalue weighted by atomic mass is 10.2. The number of nitrogens with one attached hydrogen (secondary N) is 3. The van der Waals surface area contributed by atoms with Gasteiger partial charge in [-0.05, 0) is 29.8 Å². The number of hydrogen-bond donors (Lipinski definition) is 5. The van der Waals surface area contributed by atoms with Gasteiger partial charge in [-0.1, -0.05) is 6.07 Å². The maximum Gasteiger partial charge on any atom is 0.230 e. The number of benzene rings is 1. The largest absolute Gasteiger partial charge is 0.504 e. The van der Waals surface area contributed by atoms with Crippen LogP contribution < -0.4 is 20.3 Å². The van der Waals surface area contributed by atoms with Crippen LogP contribution in [0.4, 0.5) is 0 Å². The number of hydrazone groups is 2. The number of hydrogen-bond acceptors (Lipinski definition) is 7. The Hall–Kier alpha value is -3.93. The van der Waals surface area contributed by atoms with Crippen LogP contribution in [0.1, 0.15) is 11.1 Å². The molecule has 0 saturated heterocycles. The van der Waals surface area contributed by atoms with Gasteiger partial charge < -0.3 is 19.7 Å². The normalized spacial score (nSPS) is 10.5. The van der Waals surface area contributed by atoms with E-state index in [1.807, 2.05) is 0 Å². The lowest BCUT2D eigenvalue weighted by Crippen LogP contribution is -2.29. The van der Waals surface area contributed by atoms with E-state index < -0.39 is 0 Å². The van der Waals surface area contributed by atoms with Crippen molar-refractivity contribution in [2.24, 2.45) is 10.2 Å². The average Bonchev–Trinajstić information content (AvgIpc) is 2.62. The number of rotatable bonds is 6. The molecule has 2 aromatic rings. The highest BCUT2D eigenvalue weighted by molar-refractivity contribution is 5.84. The van der Waals surface area contributed by atoms with Crippen molar-refractivity contribution in [3.8, 4) is 23.0 Å². The molecule has 0 atom stereocenters. The highest BCUT2D eigenvalue weighted by Crippen LogP contribution is 2.25. The molecule has 0 saturated carbocycles. The van der Waals surface area contributed by atoms with Gasteiger partial charge in [-0.2, -0.15) is 10.2 Å². The smallest absolute Gasteiger partial charge is 0.230 e. The first-order chi connectivity index (χ1) is 12.5. The van der Waals surface area contributed by atoms with Crippen LogP contribution in [0.2, 0.25) is 0 Å². The summed E-state index contributed by atoms with van der Waals surface area (Å²) in [5.41, 5.74) is 5.89. The summed E-state index contributed by atoms with van der Waals surface area (Å²) < 4.78 is 9.81. The number of phenolic OH excluding ortho intramolecular Hbond substituents is 1. The van der Waals surface area contributed by atoms with Crippen LogP contribution in [-0.4, -0.2) is 42.8 Å². The third-order valence-corrected chi connectivity index (χ3v) is 3.02. The third kappa shape index (κ3) is 5.04. The lowest BCUT2D eigenvalue weighted by Gasteiger charge is -2.03. The Morgan fingerprint density at radius 3 is 2.38 bits per heavy atom. The fourth-order valence-electron chi connectivity index (χ4n) is 1.82. The zero-order valence-corrected chi connectivity index (χ0v) is 14.1. The summed E-state index contributed by atoms with van der Waals surface area (Å²) in [7, 11) is 2.87. The Labute approximate surface area is 150 Å². The molecule has 0 spiro atoms. The van der Waals surface area contributed by atoms with Gasteiger partial charge in [-0.3, -0.25) is 5.41 Å². The topological polar surface area (TPSA) is 132 Å². The minimum absolute atomic E-state index is 0.00921. The Kier molecular flexibility index (Phi) is 6.23. The minimum Gasteiger partial charge on any atom is -0.504 e. The maximum absolute atomic E-state index is 9.66. The van der Waals surface area contributed by atoms with Crippen LogP contribution in [0.5, 0.6) is 23.0 Å². The molecular weight excluding hydrogens is 338 g/mol. The average molecular weight is 355 g/mol. The van der Waals surface area contributed by atoms with Gasteiger partial charge in [-0.25, -0.2) is 10.9 Å². The number of phenols is 1. The van der Waals surface area contributed by atoms with E-state index in [0.717, 1.165) is 0 Å². The molecule has 0 unspecified atom stereocenters. The summed E-state index contributed by atoms with van der Waals surface area (Å²) >= 11 is 0. The molecule has 2 aromatic carbocycles. The van der Waals surface area contributed by atoms with Crippen molar-refractivity contribution in [1.82, 2.24) is 10.9 Å². The first-order valence-corrected chi connectivity index (χ1v) is 7.28. The molecule has 0 aliphatic rings. The van der Waals surface area contributed by atoms with E-state index in [4.69, 9.17) is 14.9 Å². The molecule has 0 aliphatic heterocycles. The third-order valence-electron chi connectivity index (χ3n) is 3.02. The summed E-state index contributed by atoms with van der Waals surface area (Å²) in [6.07, 6.45) is 2.76. The van der Waals surface area contributed by atoms with Crippen molar-refractivity contribution in [1.29, 1.82) is 5.41 Å². The van der Waals surface area contributed by atoms with E-state index in [1.165, 1.54) is 38.8 Å². The molecule has 0 aromatic heterocycles. The molecule has 9 heteroatoms. The minimum atomic E-state index is -0.183. The Balaban J connectivity index is 1.85. The lowest BCUT2D eigenvalue weighted by molar-refractivity contribution is 0.373. The highest BCUT2D eigenvalue weighted by Gasteiger charge is 2.01. The van der Waals surface area contributed by atoms with Crippen LogP contribution >= 0.6 is 0 Å². The van der Waals surface area contributed by atoms with Gasteiger partial charge in [0.1, 0.15) is 0 Å². The molecule has 0 heterocycles. The van der Waals surface area contributed by atoms with E-state index in [0.29, 0.717) is 16.9 Å². The summed E-state index contributed by atoms with van der Waals surface area (Å²) in [5.74, 6) is 0.260. The van der Waals surface area contributed by atoms with E-state index >= 15 is 0 Å². The zero-order chi connectivity index (χ0) is 18.9. The zero-order valence-electron chi connectivity index (χ0n) is 14.1. The van der Waals surface area contributed by atoms with E-state index in [2.05, 4.69) is 33.2 Å². The second kappa shape index (κ2) is 8.79. The molecule has 0 fully saturated rings. The van der Waals surface area contributed by atoms with Gasteiger partial charge in [0, 0.05) is 11.6 Å². The summed E-state index contributed by atoms with van der Waals surface area (Å²) in [6.45, 7) is 0. The Morgan fingerprint density at radius 1 is 1.04 bits per heavy atom. The van der Waals surface area contributed by atoms with Crippen LogP contribution in [0.3, 0.4) is 0 Å². The van der Waals surface area contributed by atoms with Gasteiger partial charge in [0.2, 0.25) is 11.7 Å².